The van der Waals surface area contributed by atoms with Crippen LogP contribution in [-0.4, -0.2) is 67.2 Å². The van der Waals surface area contributed by atoms with Crippen LogP contribution in [0.2, 0.25) is 5.02 Å². The molecule has 9 heteroatoms. The van der Waals surface area contributed by atoms with Crippen molar-refractivity contribution in [3.8, 4) is 23.1 Å². The van der Waals surface area contributed by atoms with Crippen molar-refractivity contribution in [3.05, 3.63) is 47.2 Å². The van der Waals surface area contributed by atoms with Gasteiger partial charge in [0.25, 0.3) is 0 Å². The van der Waals surface area contributed by atoms with E-state index in [-0.39, 0.29) is 5.78 Å². The minimum atomic E-state index is 0.167. The maximum absolute atomic E-state index is 12.2. The topological polar surface area (TPSA) is 83.0 Å². The number of rotatable bonds is 12. The number of benzene rings is 2. The van der Waals surface area contributed by atoms with E-state index in [2.05, 4.69) is 14.9 Å². The molecule has 8 nitrogen and oxygen atoms in total. The van der Waals surface area contributed by atoms with Gasteiger partial charge in [0, 0.05) is 42.4 Å². The van der Waals surface area contributed by atoms with E-state index in [1.54, 1.807) is 19.2 Å². The fourth-order valence-corrected chi connectivity index (χ4v) is 5.53. The number of nitrogens with zero attached hydrogens (tertiary/aromatic N) is 3. The van der Waals surface area contributed by atoms with Crippen LogP contribution < -0.4 is 14.2 Å². The highest BCUT2D eigenvalue weighted by atomic mass is 35.5. The van der Waals surface area contributed by atoms with Gasteiger partial charge >= 0.3 is 0 Å². The second-order valence-corrected chi connectivity index (χ2v) is 11.5. The number of halogens is 1. The molecule has 2 fully saturated rings. The number of carbonyl (C=O) groups is 1. The van der Waals surface area contributed by atoms with Crippen molar-refractivity contribution in [2.75, 3.05) is 46.6 Å². The van der Waals surface area contributed by atoms with Gasteiger partial charge in [-0.15, -0.1) is 0 Å². The first-order valence-electron chi connectivity index (χ1n) is 13.6. The van der Waals surface area contributed by atoms with Crippen molar-refractivity contribution in [1.29, 1.82) is 0 Å². The first-order chi connectivity index (χ1) is 18.8. The van der Waals surface area contributed by atoms with Gasteiger partial charge in [0.15, 0.2) is 11.5 Å². The zero-order valence-electron chi connectivity index (χ0n) is 22.9. The van der Waals surface area contributed by atoms with Gasteiger partial charge in [-0.05, 0) is 49.1 Å². The summed E-state index contributed by atoms with van der Waals surface area (Å²) in [5, 5.41) is 1.18. The molecule has 3 heterocycles. The van der Waals surface area contributed by atoms with Crippen molar-refractivity contribution in [1.82, 2.24) is 14.9 Å². The van der Waals surface area contributed by atoms with Crippen LogP contribution in [0.25, 0.3) is 10.9 Å². The van der Waals surface area contributed by atoms with Gasteiger partial charge in [-0.1, -0.05) is 31.5 Å². The number of likely N-dealkylation sites (tertiary alicyclic amines) is 1. The third-order valence-electron chi connectivity index (χ3n) is 7.36. The molecule has 0 bridgehead atoms. The summed E-state index contributed by atoms with van der Waals surface area (Å²) >= 11 is 6.48. The number of Topliss-reactive ketones (excluding diaryl/α,β-unsaturated/α-hetero) is 1. The van der Waals surface area contributed by atoms with Gasteiger partial charge < -0.3 is 23.8 Å². The number of hydrogen-bond acceptors (Lipinski definition) is 8. The minimum absolute atomic E-state index is 0.167. The summed E-state index contributed by atoms with van der Waals surface area (Å²) in [7, 11) is 1.61. The third kappa shape index (κ3) is 6.62. The van der Waals surface area contributed by atoms with E-state index >= 15 is 0 Å². The molecule has 0 N–H and O–H groups in total. The van der Waals surface area contributed by atoms with Gasteiger partial charge in [-0.3, -0.25) is 4.79 Å². The average molecular weight is 554 g/mol. The molecule has 2 saturated heterocycles. The first-order valence-corrected chi connectivity index (χ1v) is 14.0. The summed E-state index contributed by atoms with van der Waals surface area (Å²) in [4.78, 5) is 23.5. The molecule has 1 spiro atoms. The number of hydrogen-bond donors (Lipinski definition) is 0. The van der Waals surface area contributed by atoms with Crippen LogP contribution in [0.3, 0.4) is 0 Å². The second kappa shape index (κ2) is 12.1. The Labute approximate surface area is 234 Å². The Kier molecular flexibility index (Phi) is 8.54. The molecule has 0 saturated carbocycles. The molecule has 2 aliphatic rings. The molecule has 208 valence electrons. The van der Waals surface area contributed by atoms with Crippen LogP contribution in [-0.2, 0) is 16.0 Å². The van der Waals surface area contributed by atoms with Gasteiger partial charge in [0.2, 0.25) is 5.88 Å². The summed E-state index contributed by atoms with van der Waals surface area (Å²) in [6.45, 7) is 9.71. The molecule has 0 radical (unpaired) electrons. The van der Waals surface area contributed by atoms with Gasteiger partial charge in [-0.2, -0.15) is 0 Å². The SMILES string of the molecule is COc1cc2c(Oc3ccc(CC(=O)CC(C)C)c(Cl)c3)ncnc2cc1OCCCN1CCC2(COC2)C1. The zero-order valence-corrected chi connectivity index (χ0v) is 23.6. The molecule has 5 rings (SSSR count). The number of ether oxygens (including phenoxy) is 4. The van der Waals surface area contributed by atoms with E-state index in [0.29, 0.717) is 69.8 Å². The summed E-state index contributed by atoms with van der Waals surface area (Å²) in [5.74, 6) is 2.62. The van der Waals surface area contributed by atoms with Gasteiger partial charge in [-0.25, -0.2) is 9.97 Å². The summed E-state index contributed by atoms with van der Waals surface area (Å²) < 4.78 is 23.2. The standard InChI is InChI=1S/C30H36ClN3O5/c1-20(2)11-22(35)12-21-5-6-23(13-25(21)31)39-29-24-14-27(36-3)28(15-26(24)32-19-33-29)38-10-4-8-34-9-7-30(16-34)17-37-18-30/h5-6,13-15,19-20H,4,7-12,16-18H2,1-3H3. The largest absolute Gasteiger partial charge is 0.493 e. The highest BCUT2D eigenvalue weighted by Gasteiger charge is 2.43. The van der Waals surface area contributed by atoms with E-state index in [1.807, 2.05) is 32.0 Å². The zero-order chi connectivity index (χ0) is 27.4. The maximum Gasteiger partial charge on any atom is 0.230 e. The maximum atomic E-state index is 12.2. The minimum Gasteiger partial charge on any atom is -0.493 e. The fourth-order valence-electron chi connectivity index (χ4n) is 5.30. The van der Waals surface area contributed by atoms with Crippen LogP contribution in [0.5, 0.6) is 23.1 Å². The molecule has 2 aromatic carbocycles. The van der Waals surface area contributed by atoms with Crippen LogP contribution in [0.4, 0.5) is 0 Å². The van der Waals surface area contributed by atoms with Crippen molar-refractivity contribution in [2.45, 2.75) is 39.5 Å². The molecule has 39 heavy (non-hydrogen) atoms. The number of methoxy groups -OCH3 is 1. The second-order valence-electron chi connectivity index (χ2n) is 11.1. The Bertz CT molecular complexity index is 1330. The van der Waals surface area contributed by atoms with E-state index < -0.39 is 0 Å². The van der Waals surface area contributed by atoms with Crippen molar-refractivity contribution in [2.24, 2.45) is 11.3 Å². The van der Waals surface area contributed by atoms with E-state index in [0.717, 1.165) is 44.8 Å². The van der Waals surface area contributed by atoms with Crippen molar-refractivity contribution < 1.29 is 23.7 Å². The van der Waals surface area contributed by atoms with Gasteiger partial charge in [0.1, 0.15) is 17.9 Å². The van der Waals surface area contributed by atoms with Crippen LogP contribution in [0.1, 0.15) is 38.7 Å². The normalized spacial score (nSPS) is 16.5. The molecule has 0 unspecified atom stereocenters. The number of ketones is 1. The molecular weight excluding hydrogens is 518 g/mol. The molecule has 1 aromatic heterocycles. The first kappa shape index (κ1) is 27.6. The van der Waals surface area contributed by atoms with Crippen LogP contribution in [0.15, 0.2) is 36.7 Å². The highest BCUT2D eigenvalue weighted by Crippen LogP contribution is 2.38. The summed E-state index contributed by atoms with van der Waals surface area (Å²) in [6, 6.07) is 9.03. The lowest BCUT2D eigenvalue weighted by atomic mass is 9.85. The number of carbonyl (C=O) groups excluding carboxylic acids is 1. The lowest BCUT2D eigenvalue weighted by Crippen LogP contribution is -2.44. The van der Waals surface area contributed by atoms with Crippen molar-refractivity contribution >= 4 is 28.3 Å². The highest BCUT2D eigenvalue weighted by molar-refractivity contribution is 6.31. The molecule has 3 aromatic rings. The Balaban J connectivity index is 1.23. The Morgan fingerprint density at radius 2 is 2.03 bits per heavy atom. The molecular formula is C30H36ClN3O5. The Hall–Kier alpha value is -2.94. The van der Waals surface area contributed by atoms with E-state index in [4.69, 9.17) is 30.5 Å². The molecule has 2 aliphatic heterocycles. The van der Waals surface area contributed by atoms with E-state index in [1.165, 1.54) is 12.7 Å². The average Bonchev–Trinajstić information content (AvgIpc) is 3.33. The monoisotopic (exact) mass is 553 g/mol. The molecule has 0 aliphatic carbocycles. The summed E-state index contributed by atoms with van der Waals surface area (Å²) in [5.41, 5.74) is 1.87. The lowest BCUT2D eigenvalue weighted by molar-refractivity contribution is -0.119. The van der Waals surface area contributed by atoms with Crippen LogP contribution >= 0.6 is 11.6 Å². The van der Waals surface area contributed by atoms with Crippen LogP contribution in [0, 0.1) is 11.3 Å². The lowest BCUT2D eigenvalue weighted by Gasteiger charge is -2.37. The quantitative estimate of drug-likeness (QED) is 0.263. The predicted molar refractivity (Wildman–Crippen MR) is 150 cm³/mol. The summed E-state index contributed by atoms with van der Waals surface area (Å²) in [6.07, 6.45) is 4.45. The van der Waals surface area contributed by atoms with E-state index in [9.17, 15) is 4.79 Å². The fraction of sp³-hybridized carbons (Fsp3) is 0.500. The molecule has 0 atom stereocenters. The third-order valence-corrected chi connectivity index (χ3v) is 7.71. The Morgan fingerprint density at radius 3 is 2.72 bits per heavy atom. The predicted octanol–water partition coefficient (Wildman–Crippen LogP) is 5.73. The van der Waals surface area contributed by atoms with Gasteiger partial charge in [0.05, 0.1) is 37.8 Å². The smallest absolute Gasteiger partial charge is 0.230 e. The molecule has 0 amide bonds. The van der Waals surface area contributed by atoms with Crippen molar-refractivity contribution in [3.63, 3.8) is 0 Å². The number of aromatic nitrogens is 2. The Morgan fingerprint density at radius 1 is 1.18 bits per heavy atom. The number of fused-ring (bicyclic) bond motifs is 1.